The van der Waals surface area contributed by atoms with Crippen LogP contribution in [-0.2, 0) is 24.1 Å². The molecule has 1 N–H and O–H groups in total. The van der Waals surface area contributed by atoms with E-state index in [1.807, 2.05) is 4.68 Å². The monoisotopic (exact) mass is 280 g/mol. The number of hydrogen-bond donors (Lipinski definition) is 1. The molecular weight excluding hydrogens is 252 g/mol. The van der Waals surface area contributed by atoms with E-state index in [2.05, 4.69) is 31.9 Å². The molecule has 0 bridgehead atoms. The fraction of sp³-hybridized carbons (Fsp3) is 0.812. The summed E-state index contributed by atoms with van der Waals surface area (Å²) in [4.78, 5) is 0. The van der Waals surface area contributed by atoms with Gasteiger partial charge in [0.1, 0.15) is 0 Å². The Kier molecular flexibility index (Phi) is 5.22. The molecule has 1 aromatic heterocycles. The van der Waals surface area contributed by atoms with Crippen LogP contribution in [0.5, 0.6) is 0 Å². The van der Waals surface area contributed by atoms with E-state index in [0.717, 1.165) is 50.0 Å². The summed E-state index contributed by atoms with van der Waals surface area (Å²) >= 11 is 0. The molecule has 4 nitrogen and oxygen atoms in total. The average Bonchev–Trinajstić information content (AvgIpc) is 2.80. The average molecular weight is 280 g/mol. The van der Waals surface area contributed by atoms with Crippen molar-refractivity contribution in [2.75, 3.05) is 6.61 Å². The number of hydrogen-bond acceptors (Lipinski definition) is 3. The highest BCUT2D eigenvalue weighted by atomic mass is 16.5. The van der Waals surface area contributed by atoms with E-state index in [0.29, 0.717) is 13.0 Å². The van der Waals surface area contributed by atoms with E-state index < -0.39 is 5.60 Å². The standard InChI is InChI=1S/C16H28N2O2/c1-4-7-15-12-16(19,8-9-20-15)11-14-10-13(5-2)17-18(14)6-3/h10,15,19H,4-9,11-12H2,1-3H3. The summed E-state index contributed by atoms with van der Waals surface area (Å²) in [5.74, 6) is 0. The zero-order valence-corrected chi connectivity index (χ0v) is 13.1. The quantitative estimate of drug-likeness (QED) is 0.871. The van der Waals surface area contributed by atoms with Crippen molar-refractivity contribution in [3.63, 3.8) is 0 Å². The molecule has 1 fully saturated rings. The van der Waals surface area contributed by atoms with E-state index in [-0.39, 0.29) is 6.10 Å². The number of nitrogens with zero attached hydrogens (tertiary/aromatic N) is 2. The first-order chi connectivity index (χ1) is 9.60. The van der Waals surface area contributed by atoms with Gasteiger partial charge in [-0.05, 0) is 32.3 Å². The van der Waals surface area contributed by atoms with Gasteiger partial charge in [-0.2, -0.15) is 5.10 Å². The molecule has 1 saturated heterocycles. The van der Waals surface area contributed by atoms with Gasteiger partial charge in [0.25, 0.3) is 0 Å². The van der Waals surface area contributed by atoms with Crippen LogP contribution in [0.1, 0.15) is 57.8 Å². The van der Waals surface area contributed by atoms with Crippen molar-refractivity contribution in [1.82, 2.24) is 9.78 Å². The van der Waals surface area contributed by atoms with Crippen LogP contribution in [0.4, 0.5) is 0 Å². The summed E-state index contributed by atoms with van der Waals surface area (Å²) in [6.07, 6.45) is 5.46. The van der Waals surface area contributed by atoms with Gasteiger partial charge in [-0.25, -0.2) is 0 Å². The lowest BCUT2D eigenvalue weighted by molar-refractivity contribution is -0.105. The normalized spacial score (nSPS) is 26.9. The zero-order chi connectivity index (χ0) is 14.6. The van der Waals surface area contributed by atoms with Crippen LogP contribution in [0.3, 0.4) is 0 Å². The third-order valence-electron chi connectivity index (χ3n) is 4.23. The third-order valence-corrected chi connectivity index (χ3v) is 4.23. The number of rotatable bonds is 6. The SMILES string of the molecule is CCCC1CC(O)(Cc2cc(CC)nn2CC)CCO1. The first-order valence-corrected chi connectivity index (χ1v) is 7.99. The Morgan fingerprint density at radius 1 is 1.45 bits per heavy atom. The van der Waals surface area contributed by atoms with Crippen LogP contribution >= 0.6 is 0 Å². The highest BCUT2D eigenvalue weighted by Crippen LogP contribution is 2.30. The molecule has 0 aliphatic carbocycles. The minimum Gasteiger partial charge on any atom is -0.389 e. The Bertz CT molecular complexity index is 428. The van der Waals surface area contributed by atoms with E-state index in [1.54, 1.807) is 0 Å². The summed E-state index contributed by atoms with van der Waals surface area (Å²) in [5.41, 5.74) is 1.64. The predicted molar refractivity (Wildman–Crippen MR) is 79.8 cm³/mol. The molecule has 20 heavy (non-hydrogen) atoms. The maximum absolute atomic E-state index is 10.9. The van der Waals surface area contributed by atoms with Gasteiger partial charge < -0.3 is 9.84 Å². The van der Waals surface area contributed by atoms with Crippen molar-refractivity contribution in [2.24, 2.45) is 0 Å². The molecular formula is C16H28N2O2. The van der Waals surface area contributed by atoms with Gasteiger partial charge in [0.2, 0.25) is 0 Å². The maximum Gasteiger partial charge on any atom is 0.0749 e. The summed E-state index contributed by atoms with van der Waals surface area (Å²) in [7, 11) is 0. The Morgan fingerprint density at radius 2 is 2.25 bits per heavy atom. The van der Waals surface area contributed by atoms with Crippen LogP contribution in [0.25, 0.3) is 0 Å². The molecule has 0 saturated carbocycles. The molecule has 2 atom stereocenters. The highest BCUT2D eigenvalue weighted by Gasteiger charge is 2.35. The molecule has 4 heteroatoms. The molecule has 0 radical (unpaired) electrons. The lowest BCUT2D eigenvalue weighted by Crippen LogP contribution is -2.43. The molecule has 1 aromatic rings. The topological polar surface area (TPSA) is 47.3 Å². The minimum absolute atomic E-state index is 0.211. The molecule has 114 valence electrons. The fourth-order valence-corrected chi connectivity index (χ4v) is 3.11. The summed E-state index contributed by atoms with van der Waals surface area (Å²) in [6, 6.07) is 2.14. The van der Waals surface area contributed by atoms with E-state index in [9.17, 15) is 5.11 Å². The molecule has 0 amide bonds. The minimum atomic E-state index is -0.629. The first kappa shape index (κ1) is 15.5. The molecule has 2 heterocycles. The zero-order valence-electron chi connectivity index (χ0n) is 13.1. The van der Waals surface area contributed by atoms with Crippen molar-refractivity contribution in [2.45, 2.75) is 77.5 Å². The van der Waals surface area contributed by atoms with Crippen molar-refractivity contribution >= 4 is 0 Å². The Labute approximate surface area is 122 Å². The molecule has 2 rings (SSSR count). The summed E-state index contributed by atoms with van der Waals surface area (Å²) < 4.78 is 7.78. The number of aryl methyl sites for hydroxylation is 2. The Balaban J connectivity index is 2.09. The van der Waals surface area contributed by atoms with E-state index in [4.69, 9.17) is 4.74 Å². The van der Waals surface area contributed by atoms with Gasteiger partial charge in [-0.1, -0.05) is 20.3 Å². The predicted octanol–water partition coefficient (Wildman–Crippen LogP) is 2.72. The molecule has 0 aromatic carbocycles. The van der Waals surface area contributed by atoms with Crippen LogP contribution in [0.15, 0.2) is 6.07 Å². The Hall–Kier alpha value is -0.870. The highest BCUT2D eigenvalue weighted by molar-refractivity contribution is 5.13. The van der Waals surface area contributed by atoms with Gasteiger partial charge in [-0.3, -0.25) is 4.68 Å². The van der Waals surface area contributed by atoms with Gasteiger partial charge in [0, 0.05) is 31.7 Å². The van der Waals surface area contributed by atoms with Gasteiger partial charge in [-0.15, -0.1) is 0 Å². The van der Waals surface area contributed by atoms with Crippen LogP contribution in [0, 0.1) is 0 Å². The van der Waals surface area contributed by atoms with Crippen molar-refractivity contribution in [3.05, 3.63) is 17.5 Å². The van der Waals surface area contributed by atoms with Gasteiger partial charge >= 0.3 is 0 Å². The van der Waals surface area contributed by atoms with Gasteiger partial charge in [0.15, 0.2) is 0 Å². The Morgan fingerprint density at radius 3 is 2.90 bits per heavy atom. The van der Waals surface area contributed by atoms with Crippen molar-refractivity contribution in [1.29, 1.82) is 0 Å². The lowest BCUT2D eigenvalue weighted by atomic mass is 9.85. The second-order valence-electron chi connectivity index (χ2n) is 5.93. The van der Waals surface area contributed by atoms with Gasteiger partial charge in [0.05, 0.1) is 17.4 Å². The fourth-order valence-electron chi connectivity index (χ4n) is 3.11. The van der Waals surface area contributed by atoms with Crippen molar-refractivity contribution in [3.8, 4) is 0 Å². The molecule has 0 spiro atoms. The summed E-state index contributed by atoms with van der Waals surface area (Å²) in [5, 5.41) is 15.5. The lowest BCUT2D eigenvalue weighted by Gasteiger charge is -2.37. The number of aromatic nitrogens is 2. The van der Waals surface area contributed by atoms with Crippen LogP contribution < -0.4 is 0 Å². The molecule has 1 aliphatic rings. The third kappa shape index (κ3) is 3.61. The summed E-state index contributed by atoms with van der Waals surface area (Å²) in [6.45, 7) is 7.91. The number of ether oxygens (including phenoxy) is 1. The smallest absolute Gasteiger partial charge is 0.0749 e. The van der Waals surface area contributed by atoms with Crippen molar-refractivity contribution < 1.29 is 9.84 Å². The molecule has 2 unspecified atom stereocenters. The van der Waals surface area contributed by atoms with Crippen LogP contribution in [-0.4, -0.2) is 33.2 Å². The maximum atomic E-state index is 10.9. The van der Waals surface area contributed by atoms with Crippen LogP contribution in [0.2, 0.25) is 0 Å². The molecule has 1 aliphatic heterocycles. The second-order valence-corrected chi connectivity index (χ2v) is 5.93. The largest absolute Gasteiger partial charge is 0.389 e. The van der Waals surface area contributed by atoms with E-state index >= 15 is 0 Å². The first-order valence-electron chi connectivity index (χ1n) is 7.99. The number of aliphatic hydroxyl groups is 1. The van der Waals surface area contributed by atoms with E-state index in [1.165, 1.54) is 0 Å². The second kappa shape index (κ2) is 6.72.